The summed E-state index contributed by atoms with van der Waals surface area (Å²) in [5, 5.41) is 2.96. The fourth-order valence-electron chi connectivity index (χ4n) is 3.34. The molecule has 1 atom stereocenters. The fourth-order valence-corrected chi connectivity index (χ4v) is 3.34. The summed E-state index contributed by atoms with van der Waals surface area (Å²) in [5.41, 5.74) is 2.38. The number of para-hydroxylation sites is 2. The molecule has 1 unspecified atom stereocenters. The van der Waals surface area contributed by atoms with Crippen molar-refractivity contribution >= 4 is 11.6 Å². The third-order valence-electron chi connectivity index (χ3n) is 4.79. The quantitative estimate of drug-likeness (QED) is 0.888. The van der Waals surface area contributed by atoms with E-state index in [-0.39, 0.29) is 12.0 Å². The van der Waals surface area contributed by atoms with Crippen molar-refractivity contribution < 1.29 is 19.0 Å². The largest absolute Gasteiger partial charge is 0.493 e. The van der Waals surface area contributed by atoms with Gasteiger partial charge in [0.25, 0.3) is 5.91 Å². The van der Waals surface area contributed by atoms with Crippen LogP contribution in [0.2, 0.25) is 0 Å². The summed E-state index contributed by atoms with van der Waals surface area (Å²) >= 11 is 0. The Hall–Kier alpha value is -2.53. The maximum absolute atomic E-state index is 12.6. The summed E-state index contributed by atoms with van der Waals surface area (Å²) in [4.78, 5) is 12.6. The Morgan fingerprint density at radius 2 is 2.08 bits per heavy atom. The molecule has 2 aromatic carbocycles. The molecule has 2 aromatic rings. The van der Waals surface area contributed by atoms with Crippen molar-refractivity contribution in [2.75, 3.05) is 25.1 Å². The zero-order chi connectivity index (χ0) is 17.8. The van der Waals surface area contributed by atoms with E-state index in [1.807, 2.05) is 36.4 Å². The van der Waals surface area contributed by atoms with E-state index in [1.165, 1.54) is 6.42 Å². The molecular formula is C21H23NO4. The lowest BCUT2D eigenvalue weighted by atomic mass is 10.1. The number of fused-ring (bicyclic) bond motifs is 1. The lowest BCUT2D eigenvalue weighted by Crippen LogP contribution is -2.26. The molecule has 0 bridgehead atoms. The first-order chi connectivity index (χ1) is 12.8. The van der Waals surface area contributed by atoms with E-state index in [2.05, 4.69) is 5.32 Å². The molecule has 2 aliphatic rings. The number of nitrogens with one attached hydrogen (secondary N) is 1. The zero-order valence-electron chi connectivity index (χ0n) is 14.7. The summed E-state index contributed by atoms with van der Waals surface area (Å²) in [5.74, 6) is 1.39. The Bertz CT molecular complexity index is 783. The van der Waals surface area contributed by atoms with Gasteiger partial charge in [-0.05, 0) is 55.2 Å². The topological polar surface area (TPSA) is 56.8 Å². The van der Waals surface area contributed by atoms with E-state index in [1.54, 1.807) is 6.07 Å². The van der Waals surface area contributed by atoms with Crippen LogP contribution < -0.4 is 14.8 Å². The molecule has 2 aliphatic heterocycles. The standard InChI is InChI=1S/C21H23NO4/c23-21(16-8-9-19-15(13-16)10-12-25-19)22-18-6-1-2-7-20(18)26-14-17-5-3-4-11-24-17/h1-2,6-9,13,17H,3-5,10-12,14H2,(H,22,23). The van der Waals surface area contributed by atoms with Gasteiger partial charge in [0.2, 0.25) is 0 Å². The second-order valence-electron chi connectivity index (χ2n) is 6.67. The summed E-state index contributed by atoms with van der Waals surface area (Å²) in [6.45, 7) is 1.98. The summed E-state index contributed by atoms with van der Waals surface area (Å²) in [6, 6.07) is 13.1. The monoisotopic (exact) mass is 353 g/mol. The number of hydrogen-bond donors (Lipinski definition) is 1. The van der Waals surface area contributed by atoms with Crippen molar-refractivity contribution in [3.63, 3.8) is 0 Å². The highest BCUT2D eigenvalue weighted by Crippen LogP contribution is 2.28. The number of anilines is 1. The molecule has 1 saturated heterocycles. The molecule has 1 amide bonds. The number of amides is 1. The van der Waals surface area contributed by atoms with Crippen LogP contribution in [0.3, 0.4) is 0 Å². The first-order valence-corrected chi connectivity index (χ1v) is 9.20. The molecule has 1 fully saturated rings. The average molecular weight is 353 g/mol. The number of benzene rings is 2. The maximum Gasteiger partial charge on any atom is 0.255 e. The molecule has 0 spiro atoms. The number of hydrogen-bond acceptors (Lipinski definition) is 4. The van der Waals surface area contributed by atoms with Crippen LogP contribution in [0.15, 0.2) is 42.5 Å². The average Bonchev–Trinajstić information content (AvgIpc) is 3.16. The lowest BCUT2D eigenvalue weighted by molar-refractivity contribution is -0.0109. The first kappa shape index (κ1) is 16.9. The molecule has 2 heterocycles. The second-order valence-corrected chi connectivity index (χ2v) is 6.67. The van der Waals surface area contributed by atoms with Crippen LogP contribution in [-0.4, -0.2) is 31.8 Å². The maximum atomic E-state index is 12.6. The third kappa shape index (κ3) is 3.83. The van der Waals surface area contributed by atoms with Gasteiger partial charge in [0.15, 0.2) is 0 Å². The van der Waals surface area contributed by atoms with E-state index in [0.717, 1.165) is 37.2 Å². The Morgan fingerprint density at radius 1 is 1.15 bits per heavy atom. The zero-order valence-corrected chi connectivity index (χ0v) is 14.7. The van der Waals surface area contributed by atoms with Gasteiger partial charge in [-0.1, -0.05) is 12.1 Å². The van der Waals surface area contributed by atoms with Crippen molar-refractivity contribution in [2.24, 2.45) is 0 Å². The van der Waals surface area contributed by atoms with Crippen molar-refractivity contribution in [3.05, 3.63) is 53.6 Å². The van der Waals surface area contributed by atoms with Gasteiger partial charge in [0, 0.05) is 18.6 Å². The van der Waals surface area contributed by atoms with Crippen LogP contribution in [0.4, 0.5) is 5.69 Å². The van der Waals surface area contributed by atoms with Gasteiger partial charge in [-0.25, -0.2) is 0 Å². The number of carbonyl (C=O) groups is 1. The lowest BCUT2D eigenvalue weighted by Gasteiger charge is -2.23. The minimum Gasteiger partial charge on any atom is -0.493 e. The number of carbonyl (C=O) groups excluding carboxylic acids is 1. The Labute approximate surface area is 153 Å². The van der Waals surface area contributed by atoms with Crippen LogP contribution in [0.5, 0.6) is 11.5 Å². The van der Waals surface area contributed by atoms with Gasteiger partial charge < -0.3 is 19.5 Å². The van der Waals surface area contributed by atoms with Crippen LogP contribution in [0.25, 0.3) is 0 Å². The third-order valence-corrected chi connectivity index (χ3v) is 4.79. The molecule has 0 radical (unpaired) electrons. The minimum absolute atomic E-state index is 0.129. The van der Waals surface area contributed by atoms with Gasteiger partial charge in [-0.15, -0.1) is 0 Å². The predicted octanol–water partition coefficient (Wildman–Crippen LogP) is 3.82. The number of ether oxygens (including phenoxy) is 3. The van der Waals surface area contributed by atoms with E-state index in [0.29, 0.717) is 30.2 Å². The smallest absolute Gasteiger partial charge is 0.255 e. The summed E-state index contributed by atoms with van der Waals surface area (Å²) in [6.07, 6.45) is 4.29. The molecule has 4 rings (SSSR count). The van der Waals surface area contributed by atoms with Crippen molar-refractivity contribution in [2.45, 2.75) is 31.8 Å². The van der Waals surface area contributed by atoms with Crippen LogP contribution in [0, 0.1) is 0 Å². The highest BCUT2D eigenvalue weighted by atomic mass is 16.5. The SMILES string of the molecule is O=C(Nc1ccccc1OCC1CCCCO1)c1ccc2c(c1)CCO2. The molecule has 5 heteroatoms. The van der Waals surface area contributed by atoms with Crippen molar-refractivity contribution in [3.8, 4) is 11.5 Å². The van der Waals surface area contributed by atoms with Gasteiger partial charge >= 0.3 is 0 Å². The van der Waals surface area contributed by atoms with Crippen LogP contribution >= 0.6 is 0 Å². The van der Waals surface area contributed by atoms with Gasteiger partial charge in [0.1, 0.15) is 18.1 Å². The highest BCUT2D eigenvalue weighted by molar-refractivity contribution is 6.05. The predicted molar refractivity (Wildman–Crippen MR) is 99.1 cm³/mol. The van der Waals surface area contributed by atoms with Gasteiger partial charge in [0.05, 0.1) is 18.4 Å². The summed E-state index contributed by atoms with van der Waals surface area (Å²) in [7, 11) is 0. The fraction of sp³-hybridized carbons (Fsp3) is 0.381. The van der Waals surface area contributed by atoms with Crippen LogP contribution in [0.1, 0.15) is 35.2 Å². The molecule has 0 saturated carbocycles. The summed E-state index contributed by atoms with van der Waals surface area (Å²) < 4.78 is 17.1. The van der Waals surface area contributed by atoms with Crippen LogP contribution in [-0.2, 0) is 11.2 Å². The Morgan fingerprint density at radius 3 is 2.96 bits per heavy atom. The Kier molecular flexibility index (Phi) is 5.07. The van der Waals surface area contributed by atoms with Gasteiger partial charge in [-0.3, -0.25) is 4.79 Å². The molecule has 26 heavy (non-hydrogen) atoms. The van der Waals surface area contributed by atoms with Crippen molar-refractivity contribution in [1.82, 2.24) is 0 Å². The molecule has 0 aliphatic carbocycles. The Balaban J connectivity index is 1.43. The molecule has 5 nitrogen and oxygen atoms in total. The second kappa shape index (κ2) is 7.79. The first-order valence-electron chi connectivity index (χ1n) is 9.20. The van der Waals surface area contributed by atoms with E-state index in [4.69, 9.17) is 14.2 Å². The van der Waals surface area contributed by atoms with E-state index < -0.39 is 0 Å². The molecular weight excluding hydrogens is 330 g/mol. The van der Waals surface area contributed by atoms with Crippen molar-refractivity contribution in [1.29, 1.82) is 0 Å². The highest BCUT2D eigenvalue weighted by Gasteiger charge is 2.18. The normalized spacial score (nSPS) is 18.7. The molecule has 1 N–H and O–H groups in total. The molecule has 0 aromatic heterocycles. The van der Waals surface area contributed by atoms with E-state index >= 15 is 0 Å². The molecule has 136 valence electrons. The number of rotatable bonds is 5. The minimum atomic E-state index is -0.148. The van der Waals surface area contributed by atoms with Gasteiger partial charge in [-0.2, -0.15) is 0 Å². The van der Waals surface area contributed by atoms with E-state index in [9.17, 15) is 4.79 Å².